The zero-order valence-corrected chi connectivity index (χ0v) is 20.8. The van der Waals surface area contributed by atoms with Gasteiger partial charge in [0, 0.05) is 41.2 Å². The summed E-state index contributed by atoms with van der Waals surface area (Å²) < 4.78 is 0. The predicted octanol–water partition coefficient (Wildman–Crippen LogP) is 3.66. The highest BCUT2D eigenvalue weighted by atomic mass is 16.2. The van der Waals surface area contributed by atoms with Gasteiger partial charge >= 0.3 is 0 Å². The van der Waals surface area contributed by atoms with Crippen molar-refractivity contribution in [3.05, 3.63) is 102 Å². The summed E-state index contributed by atoms with van der Waals surface area (Å²) in [4.78, 5) is 24.8. The van der Waals surface area contributed by atoms with Gasteiger partial charge in [-0.3, -0.25) is 4.79 Å². The Morgan fingerprint density at radius 3 is 2.66 bits per heavy atom. The molecule has 0 spiro atoms. The van der Waals surface area contributed by atoms with Crippen molar-refractivity contribution >= 4 is 53.3 Å². The number of aromatic nitrogens is 3. The molecule has 2 radical (unpaired) electrons. The van der Waals surface area contributed by atoms with Crippen molar-refractivity contribution in [3.63, 3.8) is 0 Å². The van der Waals surface area contributed by atoms with Crippen molar-refractivity contribution in [1.29, 1.82) is 0 Å². The van der Waals surface area contributed by atoms with Crippen molar-refractivity contribution in [3.8, 4) is 0 Å². The minimum atomic E-state index is -0.660. The lowest BCUT2D eigenvalue weighted by Gasteiger charge is -2.14. The van der Waals surface area contributed by atoms with E-state index < -0.39 is 6.04 Å². The highest BCUT2D eigenvalue weighted by Gasteiger charge is 2.14. The van der Waals surface area contributed by atoms with Gasteiger partial charge in [-0.2, -0.15) is 4.98 Å². The van der Waals surface area contributed by atoms with Crippen molar-refractivity contribution in [1.82, 2.24) is 15.0 Å². The van der Waals surface area contributed by atoms with Gasteiger partial charge in [-0.1, -0.05) is 54.6 Å². The van der Waals surface area contributed by atoms with E-state index in [1.165, 1.54) is 10.9 Å². The Morgan fingerprint density at radius 2 is 1.79 bits per heavy atom. The SMILES string of the molecule is [B]c1cnc(Nc2cccc(NC(=O)C(N)Cc3ccccc3)c2)nc1NCCc1c[nH]c2ccccc12. The number of para-hydroxylation sites is 1. The first-order valence-corrected chi connectivity index (χ1v) is 12.4. The zero-order valence-electron chi connectivity index (χ0n) is 20.8. The number of nitrogens with zero attached hydrogens (tertiary/aromatic N) is 2. The Bertz CT molecular complexity index is 1540. The number of carbonyl (C=O) groups excluding carboxylic acids is 1. The van der Waals surface area contributed by atoms with Crippen LogP contribution in [0.25, 0.3) is 10.9 Å². The summed E-state index contributed by atoms with van der Waals surface area (Å²) >= 11 is 0. The van der Waals surface area contributed by atoms with Gasteiger partial charge in [-0.25, -0.2) is 4.98 Å². The molecule has 1 amide bonds. The molecule has 6 N–H and O–H groups in total. The number of aromatic amines is 1. The second-order valence-corrected chi connectivity index (χ2v) is 9.03. The van der Waals surface area contributed by atoms with Crippen molar-refractivity contribution in [2.75, 3.05) is 22.5 Å². The Labute approximate surface area is 222 Å². The van der Waals surface area contributed by atoms with E-state index in [-0.39, 0.29) is 5.91 Å². The Kier molecular flexibility index (Phi) is 7.66. The molecule has 0 bridgehead atoms. The molecule has 0 saturated carbocycles. The van der Waals surface area contributed by atoms with Gasteiger partial charge in [-0.15, -0.1) is 0 Å². The van der Waals surface area contributed by atoms with E-state index >= 15 is 0 Å². The maximum absolute atomic E-state index is 12.6. The van der Waals surface area contributed by atoms with Crippen LogP contribution < -0.4 is 27.1 Å². The summed E-state index contributed by atoms with van der Waals surface area (Å²) in [6, 6.07) is 24.6. The van der Waals surface area contributed by atoms with Gasteiger partial charge in [0.05, 0.1) is 6.04 Å². The van der Waals surface area contributed by atoms with Crippen LogP contribution in [0, 0.1) is 0 Å². The molecule has 0 aliphatic heterocycles. The third kappa shape index (κ3) is 6.19. The lowest BCUT2D eigenvalue weighted by molar-refractivity contribution is -0.117. The molecule has 0 aliphatic carbocycles. The van der Waals surface area contributed by atoms with E-state index in [4.69, 9.17) is 13.6 Å². The molecule has 3 aromatic carbocycles. The maximum atomic E-state index is 12.6. The number of carbonyl (C=O) groups is 1. The molecule has 5 rings (SSSR count). The number of hydrogen-bond acceptors (Lipinski definition) is 6. The number of nitrogens with two attached hydrogens (primary N) is 1. The maximum Gasteiger partial charge on any atom is 0.241 e. The predicted molar refractivity (Wildman–Crippen MR) is 154 cm³/mol. The Morgan fingerprint density at radius 1 is 1.00 bits per heavy atom. The van der Waals surface area contributed by atoms with E-state index in [9.17, 15) is 4.79 Å². The molecule has 38 heavy (non-hydrogen) atoms. The number of benzene rings is 3. The first-order chi connectivity index (χ1) is 18.5. The summed E-state index contributed by atoms with van der Waals surface area (Å²) in [6.07, 6.45) is 4.87. The fraction of sp³-hybridized carbons (Fsp3) is 0.138. The molecule has 0 fully saturated rings. The first kappa shape index (κ1) is 25.0. The molecule has 2 aromatic heterocycles. The van der Waals surface area contributed by atoms with Gasteiger partial charge in [0.25, 0.3) is 0 Å². The average Bonchev–Trinajstić information content (AvgIpc) is 3.34. The van der Waals surface area contributed by atoms with Crippen LogP contribution >= 0.6 is 0 Å². The summed E-state index contributed by atoms with van der Waals surface area (Å²) in [7, 11) is 6.11. The van der Waals surface area contributed by atoms with Crippen LogP contribution in [-0.4, -0.2) is 41.3 Å². The minimum absolute atomic E-state index is 0.253. The second kappa shape index (κ2) is 11.6. The number of fused-ring (bicyclic) bond motifs is 1. The Hall–Kier alpha value is -4.63. The molecule has 1 atom stereocenters. The molecule has 0 aliphatic rings. The standard InChI is InChI=1S/C29H28BN7O/c30-24-18-34-29(37-27(24)32-14-13-20-17-33-26-12-5-4-11-23(20)26)36-22-10-6-9-21(16-22)35-28(38)25(31)15-19-7-2-1-3-8-19/h1-12,16-18,25,33H,13-15,31H2,(H,35,38)(H2,32,34,36,37). The van der Waals surface area contributed by atoms with Gasteiger partial charge in [0.2, 0.25) is 11.9 Å². The van der Waals surface area contributed by atoms with Crippen LogP contribution in [0.2, 0.25) is 0 Å². The number of rotatable bonds is 10. The minimum Gasteiger partial charge on any atom is -0.370 e. The Balaban J connectivity index is 1.19. The van der Waals surface area contributed by atoms with Gasteiger partial charge in [-0.05, 0) is 53.7 Å². The fourth-order valence-corrected chi connectivity index (χ4v) is 4.25. The van der Waals surface area contributed by atoms with Crippen LogP contribution in [0.15, 0.2) is 91.3 Å². The molecule has 8 nitrogen and oxygen atoms in total. The molecule has 2 heterocycles. The topological polar surface area (TPSA) is 121 Å². The van der Waals surface area contributed by atoms with Gasteiger partial charge in [0.1, 0.15) is 13.7 Å². The van der Waals surface area contributed by atoms with Crippen LogP contribution in [0.5, 0.6) is 0 Å². The van der Waals surface area contributed by atoms with Crippen LogP contribution in [0.4, 0.5) is 23.1 Å². The monoisotopic (exact) mass is 501 g/mol. The van der Waals surface area contributed by atoms with E-state index in [0.29, 0.717) is 41.6 Å². The normalized spacial score (nSPS) is 11.7. The van der Waals surface area contributed by atoms with Crippen molar-refractivity contribution in [2.24, 2.45) is 5.73 Å². The molecule has 9 heteroatoms. The van der Waals surface area contributed by atoms with Crippen LogP contribution in [-0.2, 0) is 17.6 Å². The van der Waals surface area contributed by atoms with Gasteiger partial charge < -0.3 is 26.7 Å². The molecule has 0 saturated heterocycles. The largest absolute Gasteiger partial charge is 0.370 e. The zero-order chi connectivity index (χ0) is 26.3. The first-order valence-electron chi connectivity index (χ1n) is 12.4. The highest BCUT2D eigenvalue weighted by Crippen LogP contribution is 2.20. The summed E-state index contributed by atoms with van der Waals surface area (Å²) in [6.45, 7) is 0.660. The number of amides is 1. The van der Waals surface area contributed by atoms with Crippen molar-refractivity contribution < 1.29 is 4.79 Å². The molecule has 5 aromatic rings. The number of nitrogens with one attached hydrogen (secondary N) is 4. The molecule has 188 valence electrons. The molecule has 1 unspecified atom stereocenters. The quantitative estimate of drug-likeness (QED) is 0.186. The highest BCUT2D eigenvalue weighted by molar-refractivity contribution is 6.35. The molecular formula is C29H28BN7O. The number of anilines is 4. The molecular weight excluding hydrogens is 473 g/mol. The smallest absolute Gasteiger partial charge is 0.241 e. The lowest BCUT2D eigenvalue weighted by Crippen LogP contribution is -2.37. The average molecular weight is 501 g/mol. The lowest BCUT2D eigenvalue weighted by atomic mass is 9.99. The van der Waals surface area contributed by atoms with Crippen LogP contribution in [0.1, 0.15) is 11.1 Å². The van der Waals surface area contributed by atoms with E-state index in [1.807, 2.05) is 60.8 Å². The third-order valence-electron chi connectivity index (χ3n) is 6.20. The van der Waals surface area contributed by atoms with Crippen LogP contribution in [0.3, 0.4) is 0 Å². The van der Waals surface area contributed by atoms with E-state index in [1.54, 1.807) is 18.3 Å². The fourth-order valence-electron chi connectivity index (χ4n) is 4.25. The summed E-state index contributed by atoms with van der Waals surface area (Å²) in [5, 5.41) is 10.6. The van der Waals surface area contributed by atoms with Gasteiger partial charge in [0.15, 0.2) is 0 Å². The second-order valence-electron chi connectivity index (χ2n) is 9.03. The summed E-state index contributed by atoms with van der Waals surface area (Å²) in [5.74, 6) is 0.688. The summed E-state index contributed by atoms with van der Waals surface area (Å²) in [5.41, 5.74) is 11.3. The van der Waals surface area contributed by atoms with E-state index in [0.717, 1.165) is 17.5 Å². The van der Waals surface area contributed by atoms with Crippen molar-refractivity contribution in [2.45, 2.75) is 18.9 Å². The number of hydrogen-bond donors (Lipinski definition) is 5. The third-order valence-corrected chi connectivity index (χ3v) is 6.20. The van der Waals surface area contributed by atoms with E-state index in [2.05, 4.69) is 43.0 Å². The number of H-pyrrole nitrogens is 1.